The second kappa shape index (κ2) is 3.76. The van der Waals surface area contributed by atoms with Gasteiger partial charge in [-0.05, 0) is 0 Å². The summed E-state index contributed by atoms with van der Waals surface area (Å²) in [6.07, 6.45) is -2.77. The van der Waals surface area contributed by atoms with Crippen LogP contribution < -0.4 is 0 Å². The first-order valence-corrected chi connectivity index (χ1v) is 20.6. The number of hydrogen-bond acceptors (Lipinski definition) is 0. The largest absolute Gasteiger partial charge is 0.286 e. The molecule has 1 fully saturated rings. The van der Waals surface area contributed by atoms with Crippen LogP contribution in [0.15, 0.2) is 0 Å². The van der Waals surface area contributed by atoms with Crippen LogP contribution in [0.2, 0.25) is 0 Å². The van der Waals surface area contributed by atoms with Crippen LogP contribution in [0.3, 0.4) is 0 Å². The zero-order valence-corrected chi connectivity index (χ0v) is 15.1. The Morgan fingerprint density at radius 3 is 1.42 bits per heavy atom. The van der Waals surface area contributed by atoms with E-state index in [0.717, 1.165) is 0 Å². The molecular formula is H2BCl7Si4. The van der Waals surface area contributed by atoms with Gasteiger partial charge in [-0.3, -0.25) is 0 Å². The average Bonchev–Trinajstić information content (AvgIpc) is 1.92. The molecular weight excluding hydrogens is 371 g/mol. The minimum absolute atomic E-state index is 0.274. The molecule has 0 atom stereocenters. The summed E-state index contributed by atoms with van der Waals surface area (Å²) in [5, 5.41) is -0.274. The van der Waals surface area contributed by atoms with E-state index in [1.165, 1.54) is 0 Å². The molecule has 12 heteroatoms. The van der Waals surface area contributed by atoms with Crippen LogP contribution in [0.25, 0.3) is 0 Å². The zero-order valence-electron chi connectivity index (χ0n) is 5.43. The Hall–Kier alpha value is 2.96. The molecule has 1 aliphatic rings. The van der Waals surface area contributed by atoms with Gasteiger partial charge in [-0.25, -0.2) is 11.5 Å². The summed E-state index contributed by atoms with van der Waals surface area (Å²) < 4.78 is 0. The van der Waals surface area contributed by atoms with Crippen molar-refractivity contribution in [2.45, 2.75) is 0 Å². The predicted molar refractivity (Wildman–Crippen MR) is 72.5 cm³/mol. The highest BCUT2D eigenvalue weighted by Gasteiger charge is 2.77. The van der Waals surface area contributed by atoms with Crippen LogP contribution in [0.4, 0.5) is 0 Å². The first-order chi connectivity index (χ1) is 5.13. The molecule has 12 heavy (non-hydrogen) atoms. The highest BCUT2D eigenvalue weighted by atomic mass is 35.8. The number of halogens is 7. The molecule has 0 bridgehead atoms. The fraction of sp³-hybridized carbons (Fsp3) is 0. The summed E-state index contributed by atoms with van der Waals surface area (Å²) in [6, 6.07) is 0. The average molecular weight is 373 g/mol. The zero-order chi connectivity index (χ0) is 9.78. The van der Waals surface area contributed by atoms with Crippen molar-refractivity contribution < 1.29 is 0 Å². The van der Waals surface area contributed by atoms with Gasteiger partial charge in [0, 0.05) is 8.91 Å². The first-order valence-electron chi connectivity index (χ1n) is 2.90. The molecule has 1 saturated heterocycles. The summed E-state index contributed by atoms with van der Waals surface area (Å²) in [6.45, 7) is 0. The Morgan fingerprint density at radius 1 is 0.917 bits per heavy atom. The lowest BCUT2D eigenvalue weighted by molar-refractivity contribution is 3.37. The van der Waals surface area contributed by atoms with Crippen LogP contribution in [0.5, 0.6) is 0 Å². The van der Waals surface area contributed by atoms with Crippen LogP contribution in [0, 0.1) is 0 Å². The molecule has 0 aliphatic carbocycles. The van der Waals surface area contributed by atoms with E-state index in [2.05, 4.69) is 0 Å². The van der Waals surface area contributed by atoms with Crippen molar-refractivity contribution in [3.05, 3.63) is 0 Å². The van der Waals surface area contributed by atoms with Gasteiger partial charge >= 0.3 is 0 Å². The van der Waals surface area contributed by atoms with Crippen molar-refractivity contribution in [3.63, 3.8) is 0 Å². The Bertz CT molecular complexity index is 200. The highest BCUT2D eigenvalue weighted by molar-refractivity contribution is 8.37. The Labute approximate surface area is 108 Å². The predicted octanol–water partition coefficient (Wildman–Crippen LogP) is 2.39. The lowest BCUT2D eigenvalue weighted by atomic mass is 10.7. The van der Waals surface area contributed by atoms with Gasteiger partial charge < -0.3 is 0 Å². The topological polar surface area (TPSA) is 0 Å². The van der Waals surface area contributed by atoms with Gasteiger partial charge in [0.05, 0.1) is 0 Å². The van der Waals surface area contributed by atoms with Gasteiger partial charge in [-0.15, -0.1) is 22.2 Å². The molecule has 0 saturated carbocycles. The second-order valence-electron chi connectivity index (χ2n) is 2.57. The third-order valence-electron chi connectivity index (χ3n) is 1.71. The Balaban J connectivity index is 3.10. The maximum absolute atomic E-state index is 6.10. The number of hydrogen-bond donors (Lipinski definition) is 0. The van der Waals surface area contributed by atoms with Crippen molar-refractivity contribution in [1.82, 2.24) is 0 Å². The van der Waals surface area contributed by atoms with Crippen molar-refractivity contribution >= 4 is 110 Å². The minimum Gasteiger partial charge on any atom is -0.201 e. The summed E-state index contributed by atoms with van der Waals surface area (Å²) in [7, 11) is -0.882. The molecule has 0 radical (unpaired) electrons. The quantitative estimate of drug-likeness (QED) is 0.452. The lowest BCUT2D eigenvalue weighted by Gasteiger charge is -2.26. The van der Waals surface area contributed by atoms with Gasteiger partial charge in [0.15, 0.2) is 0 Å². The van der Waals surface area contributed by atoms with E-state index in [-0.39, 0.29) is 5.31 Å². The Kier molecular flexibility index (Phi) is 4.09. The van der Waals surface area contributed by atoms with Crippen LogP contribution in [-0.2, 0) is 0 Å². The normalized spacial score (nSPS) is 32.8. The van der Waals surface area contributed by atoms with E-state index in [9.17, 15) is 0 Å². The highest BCUT2D eigenvalue weighted by Crippen LogP contribution is 2.50. The van der Waals surface area contributed by atoms with E-state index in [0.29, 0.717) is 0 Å². The van der Waals surface area contributed by atoms with Gasteiger partial charge in [-0.1, -0.05) is 0 Å². The van der Waals surface area contributed by atoms with Crippen molar-refractivity contribution in [2.24, 2.45) is 0 Å². The molecule has 1 aliphatic heterocycles. The van der Waals surface area contributed by atoms with E-state index < -0.39 is 26.4 Å². The fourth-order valence-corrected chi connectivity index (χ4v) is 97.1. The molecule has 0 amide bonds. The van der Waals surface area contributed by atoms with Crippen molar-refractivity contribution in [3.8, 4) is 0 Å². The van der Waals surface area contributed by atoms with Crippen molar-refractivity contribution in [2.75, 3.05) is 0 Å². The molecule has 0 spiro atoms. The first kappa shape index (κ1) is 13.0. The third-order valence-corrected chi connectivity index (χ3v) is 83.7. The molecule has 0 unspecified atom stereocenters. The van der Waals surface area contributed by atoms with E-state index in [4.69, 9.17) is 77.9 Å². The standard InChI is InChI=1S/BCl7H2Si4/c2-1-9-11(5,6)12(7,8)10(1,3)4/h9H2. The summed E-state index contributed by atoms with van der Waals surface area (Å²) in [4.78, 5) is 0. The van der Waals surface area contributed by atoms with Gasteiger partial charge in [0.2, 0.25) is 5.73 Å². The third kappa shape index (κ3) is 1.82. The molecule has 1 heterocycles. The maximum Gasteiger partial charge on any atom is 0.286 e. The molecule has 0 aromatic rings. The maximum atomic E-state index is 6.10. The van der Waals surface area contributed by atoms with Crippen LogP contribution in [-0.4, -0.2) is 31.8 Å². The number of rotatable bonds is 0. The smallest absolute Gasteiger partial charge is 0.201 e. The minimum atomic E-state index is -2.84. The van der Waals surface area contributed by atoms with E-state index >= 15 is 0 Å². The SMILES string of the molecule is ClB1[SiH2][Si](Cl)(Cl)[Si](Cl)(Cl)[Si]1(Cl)Cl. The molecule has 0 aromatic carbocycles. The molecule has 70 valence electrons. The van der Waals surface area contributed by atoms with Crippen LogP contribution >= 0.6 is 77.9 Å². The summed E-state index contributed by atoms with van der Waals surface area (Å²) >= 11 is 42.5. The van der Waals surface area contributed by atoms with Gasteiger partial charge in [-0.2, -0.15) is 44.3 Å². The monoisotopic (exact) mass is 370 g/mol. The molecule has 1 rings (SSSR count). The van der Waals surface area contributed by atoms with Crippen molar-refractivity contribution in [1.29, 1.82) is 0 Å². The second-order valence-corrected chi connectivity index (χ2v) is 50.9. The van der Waals surface area contributed by atoms with E-state index in [1.54, 1.807) is 0 Å². The summed E-state index contributed by atoms with van der Waals surface area (Å²) in [5.74, 6) is 0. The summed E-state index contributed by atoms with van der Waals surface area (Å²) in [5.41, 5.74) is -5.39. The molecule has 0 nitrogen and oxygen atoms in total. The van der Waals surface area contributed by atoms with Crippen LogP contribution in [0.1, 0.15) is 0 Å². The van der Waals surface area contributed by atoms with Gasteiger partial charge in [0.25, 0.3) is 17.1 Å². The van der Waals surface area contributed by atoms with E-state index in [1.807, 2.05) is 0 Å². The van der Waals surface area contributed by atoms with Gasteiger partial charge in [0.1, 0.15) is 0 Å². The lowest BCUT2D eigenvalue weighted by Crippen LogP contribution is -2.58. The molecule has 0 N–H and O–H groups in total. The fourth-order valence-electron chi connectivity index (χ4n) is 0.922. The molecule has 0 aromatic heterocycles. The Morgan fingerprint density at radius 2 is 1.33 bits per heavy atom.